The minimum atomic E-state index is -0.957. The van der Waals surface area contributed by atoms with Crippen LogP contribution in [0, 0.1) is 0 Å². The minimum absolute atomic E-state index is 0.0946. The fourth-order valence-corrected chi connectivity index (χ4v) is 3.12. The van der Waals surface area contributed by atoms with Gasteiger partial charge >= 0.3 is 5.97 Å². The molecule has 1 saturated heterocycles. The highest BCUT2D eigenvalue weighted by Gasteiger charge is 2.50. The Labute approximate surface area is 164 Å². The third-order valence-electron chi connectivity index (χ3n) is 4.75. The van der Waals surface area contributed by atoms with Gasteiger partial charge in [0.05, 0.1) is 14.2 Å². The molecule has 3 rings (SSSR count). The van der Waals surface area contributed by atoms with E-state index in [1.54, 1.807) is 57.5 Å². The Morgan fingerprint density at radius 1 is 1.07 bits per heavy atom. The number of ether oxygens (including phenoxy) is 3. The van der Waals surface area contributed by atoms with Crippen molar-refractivity contribution in [3.05, 3.63) is 59.7 Å². The maximum Gasteiger partial charge on any atom is 0.333 e. The van der Waals surface area contributed by atoms with Crippen LogP contribution in [0.25, 0.3) is 0 Å². The number of benzene rings is 2. The maximum absolute atomic E-state index is 12.9. The van der Waals surface area contributed by atoms with E-state index in [9.17, 15) is 9.59 Å². The molecule has 1 aliphatic heterocycles. The monoisotopic (exact) mass is 384 g/mol. The van der Waals surface area contributed by atoms with Crippen molar-refractivity contribution in [1.82, 2.24) is 4.90 Å². The first-order chi connectivity index (χ1) is 13.4. The lowest BCUT2D eigenvalue weighted by Crippen LogP contribution is -2.71. The summed E-state index contributed by atoms with van der Waals surface area (Å²) in [5.74, 6) is 0.590. The van der Waals surface area contributed by atoms with Crippen LogP contribution in [0.15, 0.2) is 48.5 Å². The topological polar surface area (TPSA) is 91.1 Å². The quantitative estimate of drug-likeness (QED) is 0.580. The van der Waals surface area contributed by atoms with E-state index in [0.717, 1.165) is 11.3 Å². The van der Waals surface area contributed by atoms with Crippen LogP contribution in [0.4, 0.5) is 0 Å². The number of amides is 1. The van der Waals surface area contributed by atoms with Gasteiger partial charge in [-0.05, 0) is 42.3 Å². The lowest BCUT2D eigenvalue weighted by Gasteiger charge is -2.47. The zero-order valence-corrected chi connectivity index (χ0v) is 16.2. The van der Waals surface area contributed by atoms with Crippen LogP contribution in [-0.2, 0) is 20.9 Å². The molecular formula is C21H24N2O5. The molecule has 7 nitrogen and oxygen atoms in total. The Morgan fingerprint density at radius 2 is 1.61 bits per heavy atom. The van der Waals surface area contributed by atoms with Crippen molar-refractivity contribution >= 4 is 11.9 Å². The summed E-state index contributed by atoms with van der Waals surface area (Å²) in [6.07, 6.45) is 0. The van der Waals surface area contributed by atoms with Gasteiger partial charge in [-0.15, -0.1) is 0 Å². The standard InChI is InChI=1S/C21H24N2O5/c1-21(22)13-23(20(21)25)18(15-6-10-17(27-3)11-7-15)19(24)28-12-14-4-8-16(26-2)9-5-14/h4-11,18H,12-13,22H2,1-3H3. The molecular weight excluding hydrogens is 360 g/mol. The predicted molar refractivity (Wildman–Crippen MR) is 103 cm³/mol. The number of carbonyl (C=O) groups is 2. The lowest BCUT2D eigenvalue weighted by atomic mass is 9.88. The summed E-state index contributed by atoms with van der Waals surface area (Å²) in [4.78, 5) is 26.7. The Morgan fingerprint density at radius 3 is 2.07 bits per heavy atom. The Hall–Kier alpha value is -3.06. The summed E-state index contributed by atoms with van der Waals surface area (Å²) in [5.41, 5.74) is 6.44. The van der Waals surface area contributed by atoms with Gasteiger partial charge in [-0.3, -0.25) is 4.79 Å². The number of likely N-dealkylation sites (tertiary alicyclic amines) is 1. The molecule has 0 radical (unpaired) electrons. The van der Waals surface area contributed by atoms with Crippen molar-refractivity contribution in [2.24, 2.45) is 5.73 Å². The Balaban J connectivity index is 1.77. The number of nitrogens with two attached hydrogens (primary N) is 1. The van der Waals surface area contributed by atoms with Gasteiger partial charge in [0.1, 0.15) is 23.6 Å². The van der Waals surface area contributed by atoms with Crippen LogP contribution in [0.2, 0.25) is 0 Å². The fourth-order valence-electron chi connectivity index (χ4n) is 3.12. The molecule has 7 heteroatoms. The molecule has 2 atom stereocenters. The highest BCUT2D eigenvalue weighted by molar-refractivity contribution is 5.96. The molecule has 0 bridgehead atoms. The number of esters is 1. The fraction of sp³-hybridized carbons (Fsp3) is 0.333. The van der Waals surface area contributed by atoms with Gasteiger partial charge in [0.2, 0.25) is 5.91 Å². The summed E-state index contributed by atoms with van der Waals surface area (Å²) in [6.45, 7) is 2.02. The molecule has 0 spiro atoms. The van der Waals surface area contributed by atoms with Crippen LogP contribution in [0.1, 0.15) is 24.1 Å². The van der Waals surface area contributed by atoms with Gasteiger partial charge in [0.25, 0.3) is 0 Å². The number of hydrogen-bond acceptors (Lipinski definition) is 6. The van der Waals surface area contributed by atoms with Crippen LogP contribution in [-0.4, -0.2) is 43.1 Å². The van der Waals surface area contributed by atoms with Crippen molar-refractivity contribution in [3.63, 3.8) is 0 Å². The second-order valence-electron chi connectivity index (χ2n) is 6.98. The predicted octanol–water partition coefficient (Wildman–Crippen LogP) is 2.05. The van der Waals surface area contributed by atoms with Crippen molar-refractivity contribution < 1.29 is 23.8 Å². The van der Waals surface area contributed by atoms with E-state index in [0.29, 0.717) is 11.3 Å². The van der Waals surface area contributed by atoms with E-state index >= 15 is 0 Å². The number of rotatable bonds is 7. The summed E-state index contributed by atoms with van der Waals surface area (Å²) in [7, 11) is 3.15. The summed E-state index contributed by atoms with van der Waals surface area (Å²) in [6, 6.07) is 13.4. The Bertz CT molecular complexity index is 846. The van der Waals surface area contributed by atoms with Crippen LogP contribution in [0.5, 0.6) is 11.5 Å². The molecule has 28 heavy (non-hydrogen) atoms. The highest BCUT2D eigenvalue weighted by Crippen LogP contribution is 2.33. The normalized spacial score (nSPS) is 19.6. The molecule has 2 aromatic rings. The first-order valence-corrected chi connectivity index (χ1v) is 8.89. The first-order valence-electron chi connectivity index (χ1n) is 8.89. The van der Waals surface area contributed by atoms with Crippen LogP contribution >= 0.6 is 0 Å². The third-order valence-corrected chi connectivity index (χ3v) is 4.75. The summed E-state index contributed by atoms with van der Waals surface area (Å²) >= 11 is 0. The van der Waals surface area contributed by atoms with E-state index in [4.69, 9.17) is 19.9 Å². The van der Waals surface area contributed by atoms with Crippen molar-refractivity contribution in [3.8, 4) is 11.5 Å². The second kappa shape index (κ2) is 7.90. The van der Waals surface area contributed by atoms with Gasteiger partial charge in [-0.2, -0.15) is 0 Å². The number of methoxy groups -OCH3 is 2. The maximum atomic E-state index is 12.9. The van der Waals surface area contributed by atoms with Crippen molar-refractivity contribution in [2.45, 2.75) is 25.1 Å². The van der Waals surface area contributed by atoms with E-state index in [1.165, 1.54) is 4.90 Å². The summed E-state index contributed by atoms with van der Waals surface area (Å²) < 4.78 is 15.8. The molecule has 2 unspecified atom stereocenters. The van der Waals surface area contributed by atoms with E-state index < -0.39 is 17.6 Å². The largest absolute Gasteiger partial charge is 0.497 e. The first kappa shape index (κ1) is 19.7. The molecule has 0 aliphatic carbocycles. The number of hydrogen-bond donors (Lipinski definition) is 1. The average Bonchev–Trinajstić information content (AvgIpc) is 2.72. The van der Waals surface area contributed by atoms with Crippen LogP contribution in [0.3, 0.4) is 0 Å². The van der Waals surface area contributed by atoms with E-state index in [1.807, 2.05) is 12.1 Å². The molecule has 1 amide bonds. The molecule has 2 N–H and O–H groups in total. The minimum Gasteiger partial charge on any atom is -0.497 e. The molecule has 1 heterocycles. The smallest absolute Gasteiger partial charge is 0.333 e. The van der Waals surface area contributed by atoms with Gasteiger partial charge in [-0.1, -0.05) is 24.3 Å². The molecule has 2 aromatic carbocycles. The molecule has 0 saturated carbocycles. The molecule has 1 fully saturated rings. The lowest BCUT2D eigenvalue weighted by molar-refractivity contribution is -0.167. The molecule has 0 aromatic heterocycles. The van der Waals surface area contributed by atoms with Gasteiger partial charge in [0, 0.05) is 6.54 Å². The SMILES string of the molecule is COc1ccc(COC(=O)C(c2ccc(OC)cc2)N2CC(C)(N)C2=O)cc1. The number of carbonyl (C=O) groups excluding carboxylic acids is 2. The number of β-lactam (4-membered cyclic amide) rings is 1. The van der Waals surface area contributed by atoms with Crippen molar-refractivity contribution in [2.75, 3.05) is 20.8 Å². The van der Waals surface area contributed by atoms with Crippen LogP contribution < -0.4 is 15.2 Å². The molecule has 148 valence electrons. The molecule has 1 aliphatic rings. The van der Waals surface area contributed by atoms with E-state index in [-0.39, 0.29) is 19.1 Å². The number of nitrogens with zero attached hydrogens (tertiary/aromatic N) is 1. The summed E-state index contributed by atoms with van der Waals surface area (Å²) in [5, 5.41) is 0. The second-order valence-corrected chi connectivity index (χ2v) is 6.98. The van der Waals surface area contributed by atoms with Gasteiger partial charge in [-0.25, -0.2) is 4.79 Å². The zero-order chi connectivity index (χ0) is 20.3. The van der Waals surface area contributed by atoms with Gasteiger partial charge in [0.15, 0.2) is 6.04 Å². The Kier molecular flexibility index (Phi) is 5.56. The van der Waals surface area contributed by atoms with Gasteiger partial charge < -0.3 is 24.8 Å². The van der Waals surface area contributed by atoms with Crippen molar-refractivity contribution in [1.29, 1.82) is 0 Å². The highest BCUT2D eigenvalue weighted by atomic mass is 16.5. The van der Waals surface area contributed by atoms with E-state index in [2.05, 4.69) is 0 Å². The zero-order valence-electron chi connectivity index (χ0n) is 16.2. The third kappa shape index (κ3) is 3.94. The average molecular weight is 384 g/mol.